The normalized spacial score (nSPS) is 10.6. The van der Waals surface area contributed by atoms with E-state index in [0.717, 1.165) is 17.6 Å². The van der Waals surface area contributed by atoms with Crippen LogP contribution in [0.5, 0.6) is 0 Å². The topological polar surface area (TPSA) is 12.0 Å². The molecule has 94 valence electrons. The van der Waals surface area contributed by atoms with Crippen LogP contribution in [0.1, 0.15) is 18.1 Å². The zero-order valence-electron chi connectivity index (χ0n) is 10.8. The third kappa shape index (κ3) is 3.21. The zero-order chi connectivity index (χ0) is 13.0. The molecule has 0 aromatic heterocycles. The van der Waals surface area contributed by atoms with Crippen LogP contribution in [-0.2, 0) is 6.54 Å². The molecule has 0 radical (unpaired) electrons. The molecule has 0 amide bonds. The van der Waals surface area contributed by atoms with Crippen molar-refractivity contribution in [1.29, 1.82) is 0 Å². The molecule has 0 atom stereocenters. The van der Waals surface area contributed by atoms with Crippen molar-refractivity contribution in [2.45, 2.75) is 20.4 Å². The van der Waals surface area contributed by atoms with Crippen LogP contribution in [0.4, 0.5) is 0 Å². The molecule has 0 aliphatic rings. The number of aryl methyl sites for hydroxylation is 1. The number of nitrogens with one attached hydrogen (secondary N) is 1. The van der Waals surface area contributed by atoms with E-state index in [4.69, 9.17) is 0 Å². The number of benzene rings is 2. The van der Waals surface area contributed by atoms with E-state index < -0.39 is 0 Å². The summed E-state index contributed by atoms with van der Waals surface area (Å²) in [6.07, 6.45) is 0. The molecule has 0 heterocycles. The van der Waals surface area contributed by atoms with Gasteiger partial charge >= 0.3 is 0 Å². The summed E-state index contributed by atoms with van der Waals surface area (Å²) in [7, 11) is 0. The van der Waals surface area contributed by atoms with E-state index in [9.17, 15) is 0 Å². The molecule has 0 saturated carbocycles. The predicted octanol–water partition coefficient (Wildman–Crippen LogP) is 4.53. The standard InChI is InChI=1S/C16H18BrN/c1-3-18-11-14-5-4-12(2)10-16(14)13-6-8-15(17)9-7-13/h4-10,18H,3,11H2,1-2H3. The van der Waals surface area contributed by atoms with Gasteiger partial charge in [0, 0.05) is 11.0 Å². The lowest BCUT2D eigenvalue weighted by molar-refractivity contribution is 0.728. The molecule has 18 heavy (non-hydrogen) atoms. The second kappa shape index (κ2) is 6.17. The summed E-state index contributed by atoms with van der Waals surface area (Å²) in [5.41, 5.74) is 5.25. The minimum atomic E-state index is 0.919. The minimum absolute atomic E-state index is 0.919. The smallest absolute Gasteiger partial charge is 0.0211 e. The van der Waals surface area contributed by atoms with E-state index in [1.54, 1.807) is 0 Å². The highest BCUT2D eigenvalue weighted by Gasteiger charge is 2.05. The van der Waals surface area contributed by atoms with Gasteiger partial charge in [-0.05, 0) is 42.3 Å². The van der Waals surface area contributed by atoms with Crippen LogP contribution in [0.15, 0.2) is 46.9 Å². The van der Waals surface area contributed by atoms with E-state index in [1.165, 1.54) is 22.3 Å². The first-order valence-electron chi connectivity index (χ1n) is 6.27. The van der Waals surface area contributed by atoms with Crippen molar-refractivity contribution in [1.82, 2.24) is 5.32 Å². The Labute approximate surface area is 117 Å². The maximum atomic E-state index is 3.48. The van der Waals surface area contributed by atoms with Crippen LogP contribution in [-0.4, -0.2) is 6.54 Å². The molecule has 2 aromatic rings. The van der Waals surface area contributed by atoms with E-state index >= 15 is 0 Å². The van der Waals surface area contributed by atoms with Gasteiger partial charge in [0.25, 0.3) is 0 Å². The van der Waals surface area contributed by atoms with Gasteiger partial charge in [0.05, 0.1) is 0 Å². The van der Waals surface area contributed by atoms with Gasteiger partial charge in [0.15, 0.2) is 0 Å². The number of rotatable bonds is 4. The first kappa shape index (κ1) is 13.3. The molecule has 0 unspecified atom stereocenters. The Kier molecular flexibility index (Phi) is 4.56. The lowest BCUT2D eigenvalue weighted by atomic mass is 9.97. The van der Waals surface area contributed by atoms with Crippen molar-refractivity contribution in [3.63, 3.8) is 0 Å². The van der Waals surface area contributed by atoms with Crippen molar-refractivity contribution < 1.29 is 0 Å². The molecule has 0 aliphatic carbocycles. The third-order valence-corrected chi connectivity index (χ3v) is 3.51. The molecule has 0 spiro atoms. The summed E-state index contributed by atoms with van der Waals surface area (Å²) in [4.78, 5) is 0. The van der Waals surface area contributed by atoms with Crippen molar-refractivity contribution in [3.8, 4) is 11.1 Å². The van der Waals surface area contributed by atoms with Crippen molar-refractivity contribution in [2.75, 3.05) is 6.54 Å². The fraction of sp³-hybridized carbons (Fsp3) is 0.250. The average molecular weight is 304 g/mol. The summed E-state index contributed by atoms with van der Waals surface area (Å²) < 4.78 is 1.12. The van der Waals surface area contributed by atoms with Gasteiger partial charge in [-0.2, -0.15) is 0 Å². The summed E-state index contributed by atoms with van der Waals surface area (Å²) in [5.74, 6) is 0. The minimum Gasteiger partial charge on any atom is -0.313 e. The van der Waals surface area contributed by atoms with Crippen LogP contribution in [0.3, 0.4) is 0 Å². The van der Waals surface area contributed by atoms with E-state index in [-0.39, 0.29) is 0 Å². The molecule has 1 N–H and O–H groups in total. The molecule has 0 fully saturated rings. The van der Waals surface area contributed by atoms with Gasteiger partial charge < -0.3 is 5.32 Å². The quantitative estimate of drug-likeness (QED) is 0.875. The molecular weight excluding hydrogens is 286 g/mol. The lowest BCUT2D eigenvalue weighted by Gasteiger charge is -2.11. The number of hydrogen-bond acceptors (Lipinski definition) is 1. The van der Waals surface area contributed by atoms with Crippen molar-refractivity contribution >= 4 is 15.9 Å². The molecular formula is C16H18BrN. The molecule has 1 nitrogen and oxygen atoms in total. The SMILES string of the molecule is CCNCc1ccc(C)cc1-c1ccc(Br)cc1. The Morgan fingerprint density at radius 2 is 1.78 bits per heavy atom. The molecule has 2 rings (SSSR count). The Morgan fingerprint density at radius 3 is 2.44 bits per heavy atom. The zero-order valence-corrected chi connectivity index (χ0v) is 12.4. The maximum Gasteiger partial charge on any atom is 0.0211 e. The monoisotopic (exact) mass is 303 g/mol. The lowest BCUT2D eigenvalue weighted by Crippen LogP contribution is -2.12. The van der Waals surface area contributed by atoms with Gasteiger partial charge in [-0.3, -0.25) is 0 Å². The third-order valence-electron chi connectivity index (χ3n) is 2.99. The Balaban J connectivity index is 2.40. The molecule has 0 saturated heterocycles. The average Bonchev–Trinajstić information content (AvgIpc) is 2.38. The highest BCUT2D eigenvalue weighted by atomic mass is 79.9. The second-order valence-corrected chi connectivity index (χ2v) is 5.36. The van der Waals surface area contributed by atoms with E-state index in [2.05, 4.69) is 77.6 Å². The number of hydrogen-bond donors (Lipinski definition) is 1. The largest absolute Gasteiger partial charge is 0.313 e. The van der Waals surface area contributed by atoms with Gasteiger partial charge in [-0.25, -0.2) is 0 Å². The Hall–Kier alpha value is -1.12. The second-order valence-electron chi connectivity index (χ2n) is 4.45. The van der Waals surface area contributed by atoms with E-state index in [1.807, 2.05) is 0 Å². The molecule has 2 aromatic carbocycles. The van der Waals surface area contributed by atoms with Gasteiger partial charge in [0.1, 0.15) is 0 Å². The number of halogens is 1. The highest BCUT2D eigenvalue weighted by molar-refractivity contribution is 9.10. The van der Waals surface area contributed by atoms with Crippen LogP contribution < -0.4 is 5.32 Å². The maximum absolute atomic E-state index is 3.48. The Bertz CT molecular complexity index is 517. The Morgan fingerprint density at radius 1 is 1.06 bits per heavy atom. The summed E-state index contributed by atoms with van der Waals surface area (Å²) >= 11 is 3.48. The first-order valence-corrected chi connectivity index (χ1v) is 7.06. The van der Waals surface area contributed by atoms with Crippen LogP contribution >= 0.6 is 15.9 Å². The summed E-state index contributed by atoms with van der Waals surface area (Å²) in [6.45, 7) is 6.18. The fourth-order valence-electron chi connectivity index (χ4n) is 2.00. The molecule has 0 aliphatic heterocycles. The highest BCUT2D eigenvalue weighted by Crippen LogP contribution is 2.26. The fourth-order valence-corrected chi connectivity index (χ4v) is 2.27. The predicted molar refractivity (Wildman–Crippen MR) is 81.7 cm³/mol. The van der Waals surface area contributed by atoms with Crippen molar-refractivity contribution in [3.05, 3.63) is 58.1 Å². The van der Waals surface area contributed by atoms with E-state index in [0.29, 0.717) is 0 Å². The van der Waals surface area contributed by atoms with Gasteiger partial charge in [0.2, 0.25) is 0 Å². The first-order chi connectivity index (χ1) is 8.70. The summed E-state index contributed by atoms with van der Waals surface area (Å²) in [6, 6.07) is 15.2. The molecule has 2 heteroatoms. The van der Waals surface area contributed by atoms with Crippen LogP contribution in [0.25, 0.3) is 11.1 Å². The van der Waals surface area contributed by atoms with Gasteiger partial charge in [-0.15, -0.1) is 0 Å². The van der Waals surface area contributed by atoms with Crippen molar-refractivity contribution in [2.24, 2.45) is 0 Å². The molecule has 0 bridgehead atoms. The van der Waals surface area contributed by atoms with Crippen LogP contribution in [0.2, 0.25) is 0 Å². The van der Waals surface area contributed by atoms with Crippen LogP contribution in [0, 0.1) is 6.92 Å². The van der Waals surface area contributed by atoms with Gasteiger partial charge in [-0.1, -0.05) is 58.7 Å². The summed E-state index contributed by atoms with van der Waals surface area (Å²) in [5, 5.41) is 3.40.